The highest BCUT2D eigenvalue weighted by Crippen LogP contribution is 2.37. The Hall–Kier alpha value is -2.90. The number of aromatic nitrogens is 2. The molecular weight excluding hydrogens is 389 g/mol. The lowest BCUT2D eigenvalue weighted by Crippen LogP contribution is -2.33. The minimum atomic E-state index is -0.590. The highest BCUT2D eigenvalue weighted by Gasteiger charge is 2.15. The van der Waals surface area contributed by atoms with Crippen molar-refractivity contribution in [3.05, 3.63) is 80.6 Å². The van der Waals surface area contributed by atoms with E-state index in [4.69, 9.17) is 10.7 Å². The lowest BCUT2D eigenvalue weighted by atomic mass is 10.1. The molecule has 2 aromatic carbocycles. The van der Waals surface area contributed by atoms with Crippen molar-refractivity contribution < 1.29 is 4.39 Å². The van der Waals surface area contributed by atoms with E-state index in [0.717, 1.165) is 21.1 Å². The Balaban J connectivity index is 1.88. The van der Waals surface area contributed by atoms with Crippen LogP contribution in [-0.4, -0.2) is 16.6 Å². The smallest absolute Gasteiger partial charge is 0.333 e. The summed E-state index contributed by atoms with van der Waals surface area (Å²) in [5.74, 6) is -0.564. The average Bonchev–Trinajstić information content (AvgIpc) is 3.08. The molecule has 27 heavy (non-hydrogen) atoms. The first-order chi connectivity index (χ1) is 13.0. The molecule has 1 unspecified atom stereocenters. The van der Waals surface area contributed by atoms with Crippen LogP contribution in [0.3, 0.4) is 0 Å². The monoisotopic (exact) mass is 402 g/mol. The first-order valence-corrected chi connectivity index (χ1v) is 10.2. The molecule has 0 saturated heterocycles. The molecule has 2 aromatic heterocycles. The first-order valence-electron chi connectivity index (χ1n) is 8.04. The zero-order valence-corrected chi connectivity index (χ0v) is 15.7. The van der Waals surface area contributed by atoms with E-state index >= 15 is 0 Å². The van der Waals surface area contributed by atoms with Gasteiger partial charge < -0.3 is 10.3 Å². The summed E-state index contributed by atoms with van der Waals surface area (Å²) in [7, 11) is 7.33. The van der Waals surface area contributed by atoms with Gasteiger partial charge >= 0.3 is 5.69 Å². The van der Waals surface area contributed by atoms with Crippen molar-refractivity contribution in [2.24, 2.45) is 0 Å². The van der Waals surface area contributed by atoms with E-state index in [2.05, 4.69) is 10.3 Å². The van der Waals surface area contributed by atoms with E-state index in [1.165, 1.54) is 6.07 Å². The molecule has 0 aliphatic heterocycles. The summed E-state index contributed by atoms with van der Waals surface area (Å²) in [6.45, 7) is 0. The summed E-state index contributed by atoms with van der Waals surface area (Å²) in [5, 5.41) is 4.68. The molecule has 1 atom stereocenters. The van der Waals surface area contributed by atoms with Crippen LogP contribution in [0, 0.1) is 5.82 Å². The molecule has 4 aromatic rings. The molecule has 0 saturated carbocycles. The number of hydrogen-bond donors (Lipinski definition) is 2. The molecule has 0 aliphatic carbocycles. The fourth-order valence-electron chi connectivity index (χ4n) is 2.98. The molecule has 2 N–H and O–H groups in total. The summed E-state index contributed by atoms with van der Waals surface area (Å²) >= 11 is 0. The molecule has 8 heteroatoms. The third-order valence-electron chi connectivity index (χ3n) is 4.32. The third kappa shape index (κ3) is 2.94. The van der Waals surface area contributed by atoms with Gasteiger partial charge in [0.2, 0.25) is 15.6 Å². The van der Waals surface area contributed by atoms with Gasteiger partial charge in [0.15, 0.2) is 5.38 Å². The van der Waals surface area contributed by atoms with Gasteiger partial charge in [-0.1, -0.05) is 0 Å². The van der Waals surface area contributed by atoms with Gasteiger partial charge in [0, 0.05) is 18.7 Å². The van der Waals surface area contributed by atoms with E-state index in [1.54, 1.807) is 31.3 Å². The largest absolute Gasteiger partial charge is 0.386 e. The summed E-state index contributed by atoms with van der Waals surface area (Å²) in [6, 6.07) is 13.3. The van der Waals surface area contributed by atoms with E-state index in [-0.39, 0.29) is 16.6 Å². The van der Waals surface area contributed by atoms with Crippen LogP contribution in [0.4, 0.5) is 10.1 Å². The second kappa shape index (κ2) is 6.68. The van der Waals surface area contributed by atoms with Crippen molar-refractivity contribution in [1.82, 2.24) is 9.55 Å². The predicted octanol–water partition coefficient (Wildman–Crippen LogP) is 4.28. The van der Waals surface area contributed by atoms with Crippen LogP contribution >= 0.6 is 20.4 Å². The summed E-state index contributed by atoms with van der Waals surface area (Å²) in [4.78, 5) is 28.9. The minimum Gasteiger partial charge on any atom is -0.386 e. The Morgan fingerprint density at radius 2 is 1.89 bits per heavy atom. The van der Waals surface area contributed by atoms with Crippen LogP contribution < -0.4 is 16.6 Å². The maximum absolute atomic E-state index is 14.1. The summed E-state index contributed by atoms with van der Waals surface area (Å²) in [5.41, 5.74) is 0.615. The Bertz CT molecular complexity index is 1280. The van der Waals surface area contributed by atoms with Crippen molar-refractivity contribution >= 4 is 37.0 Å². The third-order valence-corrected chi connectivity index (χ3v) is 6.32. The number of fused-ring (bicyclic) bond motifs is 1. The number of anilines is 1. The number of thiophene rings is 1. The van der Waals surface area contributed by atoms with Gasteiger partial charge in [0.25, 0.3) is 5.56 Å². The fraction of sp³-hybridized carbons (Fsp3) is 0.0526. The lowest BCUT2D eigenvalue weighted by molar-refractivity contribution is 0.632. The van der Waals surface area contributed by atoms with Crippen LogP contribution in [0.5, 0.6) is 0 Å². The van der Waals surface area contributed by atoms with Crippen LogP contribution in [0.1, 0.15) is 0 Å². The molecular formula is C19H14ClFN3O2S+. The first kappa shape index (κ1) is 17.5. The van der Waals surface area contributed by atoms with Gasteiger partial charge in [0.05, 0.1) is 22.3 Å². The van der Waals surface area contributed by atoms with Gasteiger partial charge in [-0.2, -0.15) is 0 Å². The SMILES string of the molecule is CNc1cc2[nH]c(=O)n(-c3ccc(-c4ccc[s+]4Cl)cc3)c(=O)c2cc1F. The summed E-state index contributed by atoms with van der Waals surface area (Å²) < 4.78 is 15.1. The molecule has 0 radical (unpaired) electrons. The number of halogens is 2. The van der Waals surface area contributed by atoms with Crippen molar-refractivity contribution in [1.29, 1.82) is 0 Å². The van der Waals surface area contributed by atoms with Crippen LogP contribution in [0.2, 0.25) is 0 Å². The van der Waals surface area contributed by atoms with Gasteiger partial charge in [0.1, 0.15) is 15.5 Å². The Morgan fingerprint density at radius 3 is 2.52 bits per heavy atom. The molecule has 0 fully saturated rings. The molecule has 0 amide bonds. The normalized spacial score (nSPS) is 11.7. The van der Waals surface area contributed by atoms with Crippen LogP contribution in [0.15, 0.2) is 63.5 Å². The number of aromatic amines is 1. The van der Waals surface area contributed by atoms with Gasteiger partial charge in [-0.15, -0.1) is 0 Å². The van der Waals surface area contributed by atoms with Crippen molar-refractivity contribution in [2.45, 2.75) is 0 Å². The molecule has 2 heterocycles. The van der Waals surface area contributed by atoms with Gasteiger partial charge in [-0.3, -0.25) is 4.79 Å². The molecule has 0 bridgehead atoms. The van der Waals surface area contributed by atoms with Gasteiger partial charge in [-0.25, -0.2) is 13.8 Å². The quantitative estimate of drug-likeness (QED) is 0.503. The Morgan fingerprint density at radius 1 is 1.15 bits per heavy atom. The standard InChI is InChI=1S/C19H13ClFN3O2S/c1-22-16-10-15-13(9-14(16)21)18(25)24(19(26)23-15)12-6-4-11(5-7-12)17-3-2-8-27(17)20/h2-10H,1H3,(H-,22,23,25,26)/p+1. The van der Waals surface area contributed by atoms with Crippen molar-refractivity contribution in [3.63, 3.8) is 0 Å². The number of H-pyrrole nitrogens is 1. The summed E-state index contributed by atoms with van der Waals surface area (Å²) in [6.07, 6.45) is 0. The predicted molar refractivity (Wildman–Crippen MR) is 109 cm³/mol. The van der Waals surface area contributed by atoms with E-state index in [9.17, 15) is 14.0 Å². The second-order valence-corrected chi connectivity index (χ2v) is 8.17. The molecule has 5 nitrogen and oxygen atoms in total. The maximum Gasteiger partial charge on any atom is 0.333 e. The van der Waals surface area contributed by atoms with Crippen molar-refractivity contribution in [2.75, 3.05) is 12.4 Å². The lowest BCUT2D eigenvalue weighted by Gasteiger charge is -2.09. The molecule has 4 rings (SSSR count). The Kier molecular flexibility index (Phi) is 4.33. The number of nitrogens with zero attached hydrogens (tertiary/aromatic N) is 1. The topological polar surface area (TPSA) is 66.9 Å². The maximum atomic E-state index is 14.1. The van der Waals surface area contributed by atoms with E-state index < -0.39 is 26.7 Å². The van der Waals surface area contributed by atoms with Crippen LogP contribution in [-0.2, 0) is 0 Å². The number of benzene rings is 2. The minimum absolute atomic E-state index is 0.0974. The van der Waals surface area contributed by atoms with Crippen molar-refractivity contribution in [3.8, 4) is 16.1 Å². The number of rotatable bonds is 3. The second-order valence-electron chi connectivity index (χ2n) is 5.89. The highest BCUT2D eigenvalue weighted by molar-refractivity contribution is 7.63. The fourth-order valence-corrected chi connectivity index (χ4v) is 4.51. The Labute approximate surface area is 160 Å². The number of nitrogens with one attached hydrogen (secondary N) is 2. The molecule has 0 aliphatic rings. The average molecular weight is 403 g/mol. The van der Waals surface area contributed by atoms with E-state index in [0.29, 0.717) is 5.69 Å². The van der Waals surface area contributed by atoms with E-state index in [1.807, 2.05) is 17.5 Å². The highest BCUT2D eigenvalue weighted by atomic mass is 35.7. The van der Waals surface area contributed by atoms with Gasteiger partial charge in [-0.05, 0) is 42.5 Å². The zero-order chi connectivity index (χ0) is 19.1. The molecule has 136 valence electrons. The molecule has 0 spiro atoms. The van der Waals surface area contributed by atoms with Crippen LogP contribution in [0.25, 0.3) is 27.0 Å². The zero-order valence-electron chi connectivity index (χ0n) is 14.1. The number of hydrogen-bond acceptors (Lipinski definition) is 3.